The van der Waals surface area contributed by atoms with Gasteiger partial charge in [0.1, 0.15) is 0 Å². The lowest BCUT2D eigenvalue weighted by Gasteiger charge is -2.15. The minimum atomic E-state index is 0.499. The topological polar surface area (TPSA) is 12.0 Å². The van der Waals surface area contributed by atoms with Crippen LogP contribution in [-0.4, -0.2) is 6.04 Å². The normalized spacial score (nSPS) is 17.0. The Morgan fingerprint density at radius 2 is 1.53 bits per heavy atom. The van der Waals surface area contributed by atoms with Crippen molar-refractivity contribution in [3.63, 3.8) is 0 Å². The van der Waals surface area contributed by atoms with Crippen LogP contribution in [0, 0.1) is 0 Å². The van der Waals surface area contributed by atoms with Crippen LogP contribution in [0.3, 0.4) is 0 Å². The number of benzene rings is 1. The maximum Gasteiger partial charge on any atom is 0.0653 e. The first kappa shape index (κ1) is 11.4. The Kier molecular flexibility index (Phi) is 3.65. The van der Waals surface area contributed by atoms with E-state index in [-0.39, 0.29) is 0 Å². The maximum absolute atomic E-state index is 6.07. The van der Waals surface area contributed by atoms with E-state index in [1.165, 1.54) is 25.7 Å². The monoisotopic (exact) mass is 263 g/mol. The van der Waals surface area contributed by atoms with Crippen LogP contribution in [0.1, 0.15) is 25.7 Å². The van der Waals surface area contributed by atoms with Crippen LogP contribution in [0.5, 0.6) is 0 Å². The second-order valence-corrected chi connectivity index (χ2v) is 5.09. The Morgan fingerprint density at radius 1 is 0.933 bits per heavy atom. The molecule has 0 aromatic heterocycles. The van der Waals surface area contributed by atoms with E-state index >= 15 is 0 Å². The molecule has 15 heavy (non-hydrogen) atoms. The number of anilines is 1. The van der Waals surface area contributed by atoms with E-state index in [4.69, 9.17) is 34.8 Å². The van der Waals surface area contributed by atoms with Crippen LogP contribution < -0.4 is 5.32 Å². The van der Waals surface area contributed by atoms with Crippen LogP contribution in [0.4, 0.5) is 5.69 Å². The number of rotatable bonds is 2. The van der Waals surface area contributed by atoms with Crippen molar-refractivity contribution in [1.29, 1.82) is 0 Å². The third kappa shape index (κ3) is 2.72. The van der Waals surface area contributed by atoms with Gasteiger partial charge in [-0.15, -0.1) is 0 Å². The minimum Gasteiger partial charge on any atom is -0.381 e. The highest BCUT2D eigenvalue weighted by molar-refractivity contribution is 6.44. The van der Waals surface area contributed by atoms with Crippen molar-refractivity contribution < 1.29 is 0 Å². The molecule has 0 saturated heterocycles. The molecule has 0 atom stereocenters. The molecule has 2 rings (SSSR count). The van der Waals surface area contributed by atoms with Crippen LogP contribution in [0.25, 0.3) is 0 Å². The molecule has 1 N–H and O–H groups in total. The molecule has 0 heterocycles. The largest absolute Gasteiger partial charge is 0.381 e. The standard InChI is InChI=1S/C11H12Cl3N/c12-8-5-10(14)11(6-9(8)13)15-7-3-1-2-4-7/h5-7,15H,1-4H2. The SMILES string of the molecule is Clc1cc(Cl)c(NC2CCCC2)cc1Cl. The average molecular weight is 265 g/mol. The van der Waals surface area contributed by atoms with Gasteiger partial charge in [-0.25, -0.2) is 0 Å². The molecule has 1 fully saturated rings. The molecule has 1 aromatic rings. The summed E-state index contributed by atoms with van der Waals surface area (Å²) < 4.78 is 0. The molecule has 0 bridgehead atoms. The zero-order valence-corrected chi connectivity index (χ0v) is 10.5. The predicted molar refractivity (Wildman–Crippen MR) is 67.4 cm³/mol. The Morgan fingerprint density at radius 3 is 2.20 bits per heavy atom. The van der Waals surface area contributed by atoms with Crippen molar-refractivity contribution in [2.75, 3.05) is 5.32 Å². The van der Waals surface area contributed by atoms with Gasteiger partial charge in [-0.1, -0.05) is 47.6 Å². The van der Waals surface area contributed by atoms with Gasteiger partial charge >= 0.3 is 0 Å². The van der Waals surface area contributed by atoms with Crippen molar-refractivity contribution >= 4 is 40.5 Å². The summed E-state index contributed by atoms with van der Waals surface area (Å²) in [4.78, 5) is 0. The highest BCUT2D eigenvalue weighted by Crippen LogP contribution is 2.34. The highest BCUT2D eigenvalue weighted by atomic mass is 35.5. The molecule has 0 spiro atoms. The minimum absolute atomic E-state index is 0.499. The summed E-state index contributed by atoms with van der Waals surface area (Å²) in [6, 6.07) is 4.01. The third-order valence-corrected chi connectivity index (χ3v) is 3.76. The number of hydrogen-bond donors (Lipinski definition) is 1. The zero-order chi connectivity index (χ0) is 10.8. The van der Waals surface area contributed by atoms with Gasteiger partial charge in [-0.3, -0.25) is 0 Å². The van der Waals surface area contributed by atoms with Gasteiger partial charge in [0.2, 0.25) is 0 Å². The molecule has 1 nitrogen and oxygen atoms in total. The maximum atomic E-state index is 6.07. The van der Waals surface area contributed by atoms with E-state index in [1.54, 1.807) is 12.1 Å². The zero-order valence-electron chi connectivity index (χ0n) is 8.19. The van der Waals surface area contributed by atoms with Gasteiger partial charge in [0, 0.05) is 6.04 Å². The van der Waals surface area contributed by atoms with Gasteiger partial charge in [0.05, 0.1) is 20.8 Å². The van der Waals surface area contributed by atoms with E-state index in [1.807, 2.05) is 0 Å². The molecule has 1 saturated carbocycles. The molecule has 1 aliphatic carbocycles. The van der Waals surface area contributed by atoms with Crippen molar-refractivity contribution in [2.24, 2.45) is 0 Å². The fraction of sp³-hybridized carbons (Fsp3) is 0.455. The summed E-state index contributed by atoms with van der Waals surface area (Å²) in [5, 5.41) is 5.08. The molecule has 0 radical (unpaired) electrons. The van der Waals surface area contributed by atoms with E-state index in [2.05, 4.69) is 5.32 Å². The van der Waals surface area contributed by atoms with Crippen molar-refractivity contribution in [2.45, 2.75) is 31.7 Å². The van der Waals surface area contributed by atoms with Crippen LogP contribution >= 0.6 is 34.8 Å². The van der Waals surface area contributed by atoms with Gasteiger partial charge in [-0.05, 0) is 25.0 Å². The lowest BCUT2D eigenvalue weighted by atomic mass is 10.2. The summed E-state index contributed by atoms with van der Waals surface area (Å²) in [7, 11) is 0. The van der Waals surface area contributed by atoms with Crippen molar-refractivity contribution in [3.05, 3.63) is 27.2 Å². The molecule has 0 unspecified atom stereocenters. The highest BCUT2D eigenvalue weighted by Gasteiger charge is 2.16. The van der Waals surface area contributed by atoms with E-state index in [0.717, 1.165) is 5.69 Å². The first-order chi connectivity index (χ1) is 7.16. The molecule has 1 aromatic carbocycles. The lowest BCUT2D eigenvalue weighted by molar-refractivity contribution is 0.755. The van der Waals surface area contributed by atoms with E-state index < -0.39 is 0 Å². The summed E-state index contributed by atoms with van der Waals surface area (Å²) in [5.41, 5.74) is 0.887. The molecule has 0 amide bonds. The number of halogens is 3. The third-order valence-electron chi connectivity index (χ3n) is 2.72. The predicted octanol–water partition coefficient (Wildman–Crippen LogP) is 5.00. The molecule has 1 aliphatic rings. The van der Waals surface area contributed by atoms with Gasteiger partial charge in [0.15, 0.2) is 0 Å². The average Bonchev–Trinajstić information content (AvgIpc) is 2.67. The quantitative estimate of drug-likeness (QED) is 0.741. The van der Waals surface area contributed by atoms with E-state index in [9.17, 15) is 0 Å². The second kappa shape index (κ2) is 4.82. The first-order valence-electron chi connectivity index (χ1n) is 5.08. The van der Waals surface area contributed by atoms with Crippen molar-refractivity contribution in [3.8, 4) is 0 Å². The Bertz CT molecular complexity index is 359. The summed E-state index contributed by atoms with van der Waals surface area (Å²) in [6.07, 6.45) is 4.99. The van der Waals surface area contributed by atoms with Gasteiger partial charge in [-0.2, -0.15) is 0 Å². The van der Waals surface area contributed by atoms with Gasteiger partial charge in [0.25, 0.3) is 0 Å². The molecule has 0 aliphatic heterocycles. The fourth-order valence-electron chi connectivity index (χ4n) is 1.92. The molecular formula is C11H12Cl3N. The fourth-order valence-corrected chi connectivity index (χ4v) is 2.52. The smallest absolute Gasteiger partial charge is 0.0653 e. The summed E-state index contributed by atoms with van der Waals surface area (Å²) in [6.45, 7) is 0. The lowest BCUT2D eigenvalue weighted by Crippen LogP contribution is -2.14. The number of hydrogen-bond acceptors (Lipinski definition) is 1. The number of nitrogens with one attached hydrogen (secondary N) is 1. The Hall–Kier alpha value is -0.110. The van der Waals surface area contributed by atoms with Crippen LogP contribution in [0.2, 0.25) is 15.1 Å². The summed E-state index contributed by atoms with van der Waals surface area (Å²) in [5.74, 6) is 0. The Balaban J connectivity index is 2.16. The molecule has 4 heteroatoms. The molecular weight excluding hydrogens is 252 g/mol. The van der Waals surface area contributed by atoms with E-state index in [0.29, 0.717) is 21.1 Å². The van der Waals surface area contributed by atoms with Crippen LogP contribution in [0.15, 0.2) is 12.1 Å². The van der Waals surface area contributed by atoms with Crippen molar-refractivity contribution in [1.82, 2.24) is 0 Å². The van der Waals surface area contributed by atoms with Crippen LogP contribution in [-0.2, 0) is 0 Å². The molecule has 82 valence electrons. The summed E-state index contributed by atoms with van der Waals surface area (Å²) >= 11 is 17.9. The Labute approximate surface area is 105 Å². The second-order valence-electron chi connectivity index (χ2n) is 3.87. The van der Waals surface area contributed by atoms with Gasteiger partial charge < -0.3 is 5.32 Å². The first-order valence-corrected chi connectivity index (χ1v) is 6.21.